The molecule has 0 fully saturated rings. The molecular formula is C30H34N2O7S. The van der Waals surface area contributed by atoms with E-state index in [1.807, 2.05) is 78.7 Å². The average molecular weight is 567 g/mol. The fraction of sp³-hybridized carbons (Fsp3) is 0.333. The predicted octanol–water partition coefficient (Wildman–Crippen LogP) is 5.18. The van der Waals surface area contributed by atoms with Gasteiger partial charge in [0, 0.05) is 18.7 Å². The lowest BCUT2D eigenvalue weighted by atomic mass is 9.91. The molecule has 2 amide bonds. The van der Waals surface area contributed by atoms with Gasteiger partial charge in [0.2, 0.25) is 5.91 Å². The van der Waals surface area contributed by atoms with E-state index in [4.69, 9.17) is 14.0 Å². The summed E-state index contributed by atoms with van der Waals surface area (Å²) in [6.45, 7) is 5.15. The number of benzene rings is 3. The minimum absolute atomic E-state index is 0.0701. The first-order valence-electron chi connectivity index (χ1n) is 13.2. The average Bonchev–Trinajstić information content (AvgIpc) is 2.94. The molecule has 0 atom stereocenters. The molecule has 40 heavy (non-hydrogen) atoms. The first-order chi connectivity index (χ1) is 19.1. The summed E-state index contributed by atoms with van der Waals surface area (Å²) in [6, 6.07) is 19.4. The summed E-state index contributed by atoms with van der Waals surface area (Å²) in [4.78, 5) is 26.8. The highest BCUT2D eigenvalue weighted by molar-refractivity contribution is 7.85. The van der Waals surface area contributed by atoms with Crippen LogP contribution in [0.4, 0.5) is 10.5 Å². The maximum absolute atomic E-state index is 13.2. The number of hydrogen-bond donors (Lipinski definition) is 2. The Hall–Kier alpha value is -3.89. The number of amides is 2. The maximum atomic E-state index is 13.2. The minimum Gasteiger partial charge on any atom is -0.493 e. The molecule has 0 spiro atoms. The second kappa shape index (κ2) is 13.0. The van der Waals surface area contributed by atoms with Crippen molar-refractivity contribution in [1.82, 2.24) is 5.32 Å². The summed E-state index contributed by atoms with van der Waals surface area (Å²) in [5, 5.41) is 1.98. The first kappa shape index (κ1) is 29.1. The standard InChI is InChI=1S/C30H34N2O7S/c1-21-8-3-14-28(22(21)2)38-17-7-15-29(33)32-16-6-12-26-25(11-5-13-27(26)32)24-10-4-9-23(18-24)19-39-30(34)31-20-40(35,36)37/h3-5,8-11,13-14,18H,6-7,12,15-17,19-20H2,1-2H3,(H,31,34)(H,35,36,37). The van der Waals surface area contributed by atoms with Gasteiger partial charge in [0.1, 0.15) is 18.2 Å². The molecule has 0 saturated carbocycles. The lowest BCUT2D eigenvalue weighted by Gasteiger charge is -2.31. The number of hydrogen-bond acceptors (Lipinski definition) is 6. The smallest absolute Gasteiger partial charge is 0.408 e. The van der Waals surface area contributed by atoms with Gasteiger partial charge in [0.25, 0.3) is 10.1 Å². The maximum Gasteiger partial charge on any atom is 0.408 e. The lowest BCUT2D eigenvalue weighted by molar-refractivity contribution is -0.118. The molecule has 0 radical (unpaired) electrons. The highest BCUT2D eigenvalue weighted by Crippen LogP contribution is 2.36. The fourth-order valence-electron chi connectivity index (χ4n) is 4.75. The van der Waals surface area contributed by atoms with Gasteiger partial charge in [-0.2, -0.15) is 8.42 Å². The van der Waals surface area contributed by atoms with Crippen LogP contribution < -0.4 is 15.0 Å². The minimum atomic E-state index is -4.33. The molecule has 3 aromatic rings. The van der Waals surface area contributed by atoms with Gasteiger partial charge in [-0.15, -0.1) is 0 Å². The van der Waals surface area contributed by atoms with Crippen molar-refractivity contribution in [2.45, 2.75) is 46.1 Å². The number of rotatable bonds is 10. The van der Waals surface area contributed by atoms with Crippen molar-refractivity contribution >= 4 is 27.8 Å². The summed E-state index contributed by atoms with van der Waals surface area (Å²) < 4.78 is 41.3. The molecule has 2 N–H and O–H groups in total. The van der Waals surface area contributed by atoms with Gasteiger partial charge in [-0.1, -0.05) is 42.5 Å². The zero-order valence-corrected chi connectivity index (χ0v) is 23.5. The van der Waals surface area contributed by atoms with Crippen molar-refractivity contribution < 1.29 is 32.0 Å². The van der Waals surface area contributed by atoms with Crippen molar-refractivity contribution in [3.8, 4) is 16.9 Å². The number of nitrogens with one attached hydrogen (secondary N) is 1. The number of carbonyl (C=O) groups excluding carboxylic acids is 2. The molecule has 0 aromatic heterocycles. The van der Waals surface area contributed by atoms with Gasteiger partial charge in [-0.3, -0.25) is 9.35 Å². The third kappa shape index (κ3) is 7.61. The van der Waals surface area contributed by atoms with Crippen molar-refractivity contribution in [2.75, 3.05) is 23.9 Å². The molecule has 10 heteroatoms. The molecule has 1 aliphatic rings. The van der Waals surface area contributed by atoms with Crippen LogP contribution in [0.25, 0.3) is 11.1 Å². The second-order valence-electron chi connectivity index (χ2n) is 9.78. The number of aryl methyl sites for hydroxylation is 1. The van der Waals surface area contributed by atoms with Crippen LogP contribution in [0.2, 0.25) is 0 Å². The zero-order chi connectivity index (χ0) is 28.7. The molecule has 0 unspecified atom stereocenters. The van der Waals surface area contributed by atoms with Crippen LogP contribution >= 0.6 is 0 Å². The van der Waals surface area contributed by atoms with E-state index in [0.29, 0.717) is 31.6 Å². The Balaban J connectivity index is 1.40. The van der Waals surface area contributed by atoms with Gasteiger partial charge in [0.05, 0.1) is 6.61 Å². The Morgan fingerprint density at radius 3 is 2.62 bits per heavy atom. The molecule has 9 nitrogen and oxygen atoms in total. The van der Waals surface area contributed by atoms with E-state index in [0.717, 1.165) is 46.5 Å². The summed E-state index contributed by atoms with van der Waals surface area (Å²) in [5.41, 5.74) is 6.94. The number of fused-ring (bicyclic) bond motifs is 1. The molecule has 212 valence electrons. The van der Waals surface area contributed by atoms with E-state index in [1.54, 1.807) is 6.07 Å². The highest BCUT2D eigenvalue weighted by atomic mass is 32.2. The van der Waals surface area contributed by atoms with Gasteiger partial charge in [0.15, 0.2) is 0 Å². The number of carbonyl (C=O) groups is 2. The van der Waals surface area contributed by atoms with Gasteiger partial charge in [-0.05, 0) is 84.7 Å². The Kier molecular flexibility index (Phi) is 9.44. The molecule has 1 aliphatic heterocycles. The van der Waals surface area contributed by atoms with Crippen LogP contribution in [0, 0.1) is 13.8 Å². The van der Waals surface area contributed by atoms with Crippen LogP contribution in [0.15, 0.2) is 60.7 Å². The summed E-state index contributed by atoms with van der Waals surface area (Å²) in [6.07, 6.45) is 1.75. The normalized spacial score (nSPS) is 12.9. The van der Waals surface area contributed by atoms with E-state index in [-0.39, 0.29) is 12.5 Å². The quantitative estimate of drug-likeness (QED) is 0.256. The number of ether oxygens (including phenoxy) is 2. The lowest BCUT2D eigenvalue weighted by Crippen LogP contribution is -2.35. The van der Waals surface area contributed by atoms with Gasteiger partial charge >= 0.3 is 6.09 Å². The molecular weight excluding hydrogens is 532 g/mol. The SMILES string of the molecule is Cc1cccc(OCCCC(=O)N2CCCc3c(-c4cccc(COC(=O)NCS(=O)(=O)O)c4)cccc32)c1C. The van der Waals surface area contributed by atoms with Crippen LogP contribution in [0.3, 0.4) is 0 Å². The van der Waals surface area contributed by atoms with Crippen LogP contribution in [0.1, 0.15) is 41.5 Å². The summed E-state index contributed by atoms with van der Waals surface area (Å²) >= 11 is 0. The van der Waals surface area contributed by atoms with E-state index in [9.17, 15) is 18.0 Å². The summed E-state index contributed by atoms with van der Waals surface area (Å²) in [7, 11) is -4.33. The summed E-state index contributed by atoms with van der Waals surface area (Å²) in [5.74, 6) is 0.00363. The van der Waals surface area contributed by atoms with Crippen LogP contribution in [-0.2, 0) is 32.7 Å². The van der Waals surface area contributed by atoms with Crippen molar-refractivity contribution in [2.24, 2.45) is 0 Å². The Bertz CT molecular complexity index is 1490. The molecule has 0 bridgehead atoms. The third-order valence-corrected chi connectivity index (χ3v) is 7.42. The van der Waals surface area contributed by atoms with Crippen molar-refractivity contribution in [1.29, 1.82) is 0 Å². The van der Waals surface area contributed by atoms with Crippen molar-refractivity contribution in [3.63, 3.8) is 0 Å². The largest absolute Gasteiger partial charge is 0.493 e. The molecule has 1 heterocycles. The van der Waals surface area contributed by atoms with Gasteiger partial charge in [-0.25, -0.2) is 4.79 Å². The van der Waals surface area contributed by atoms with Gasteiger partial charge < -0.3 is 19.7 Å². The molecule has 0 saturated heterocycles. The molecule has 0 aliphatic carbocycles. The van der Waals surface area contributed by atoms with Crippen LogP contribution in [-0.4, -0.2) is 44.0 Å². The Labute approximate surface area is 234 Å². The number of anilines is 1. The van der Waals surface area contributed by atoms with Crippen molar-refractivity contribution in [3.05, 3.63) is 82.9 Å². The van der Waals surface area contributed by atoms with E-state index in [1.165, 1.54) is 5.56 Å². The van der Waals surface area contributed by atoms with Crippen LogP contribution in [0.5, 0.6) is 5.75 Å². The van der Waals surface area contributed by atoms with E-state index < -0.39 is 22.1 Å². The Morgan fingerprint density at radius 1 is 1.05 bits per heavy atom. The number of nitrogens with zero attached hydrogens (tertiary/aromatic N) is 1. The molecule has 4 rings (SSSR count). The van der Waals surface area contributed by atoms with E-state index in [2.05, 4.69) is 0 Å². The predicted molar refractivity (Wildman–Crippen MR) is 153 cm³/mol. The first-order valence-corrected chi connectivity index (χ1v) is 14.8. The topological polar surface area (TPSA) is 122 Å². The zero-order valence-electron chi connectivity index (χ0n) is 22.7. The monoisotopic (exact) mass is 566 g/mol. The Morgan fingerprint density at radius 2 is 1.82 bits per heavy atom. The van der Waals surface area contributed by atoms with E-state index >= 15 is 0 Å². The highest BCUT2D eigenvalue weighted by Gasteiger charge is 2.24. The second-order valence-corrected chi connectivity index (χ2v) is 11.2. The third-order valence-electron chi connectivity index (χ3n) is 6.91. The fourth-order valence-corrected chi connectivity index (χ4v) is 5.05. The molecule has 3 aromatic carbocycles. The number of alkyl carbamates (subject to hydrolysis) is 1.